The molecule has 1 unspecified atom stereocenters. The number of anilines is 3. The Balaban J connectivity index is 2.00. The topological polar surface area (TPSA) is 100 Å². The lowest BCUT2D eigenvalue weighted by atomic mass is 10.1. The molecule has 1 fully saturated rings. The van der Waals surface area contributed by atoms with Crippen LogP contribution in [0.1, 0.15) is 32.6 Å². The van der Waals surface area contributed by atoms with Crippen molar-refractivity contribution >= 4 is 17.8 Å². The second kappa shape index (κ2) is 7.23. The molecule has 1 aliphatic rings. The molecule has 0 amide bonds. The molecule has 7 heteroatoms. The van der Waals surface area contributed by atoms with Crippen LogP contribution in [0.15, 0.2) is 0 Å². The lowest BCUT2D eigenvalue weighted by molar-refractivity contribution is 0.265. The van der Waals surface area contributed by atoms with Crippen molar-refractivity contribution in [3.8, 4) is 0 Å². The van der Waals surface area contributed by atoms with Crippen molar-refractivity contribution in [2.45, 2.75) is 32.6 Å². The summed E-state index contributed by atoms with van der Waals surface area (Å²) in [6, 6.07) is 0. The van der Waals surface area contributed by atoms with Gasteiger partial charge < -0.3 is 21.1 Å². The van der Waals surface area contributed by atoms with Gasteiger partial charge >= 0.3 is 0 Å². The van der Waals surface area contributed by atoms with Crippen LogP contribution < -0.4 is 16.0 Å². The summed E-state index contributed by atoms with van der Waals surface area (Å²) in [7, 11) is 0. The third-order valence-corrected chi connectivity index (χ3v) is 3.51. The second-order valence-electron chi connectivity index (χ2n) is 5.36. The van der Waals surface area contributed by atoms with Gasteiger partial charge in [-0.2, -0.15) is 15.0 Å². The maximum Gasteiger partial charge on any atom is 0.231 e. The molecular weight excluding hydrogens is 256 g/mol. The number of aromatic nitrogens is 3. The van der Waals surface area contributed by atoms with E-state index in [0.717, 1.165) is 19.5 Å². The number of hydrogen-bond acceptors (Lipinski definition) is 7. The summed E-state index contributed by atoms with van der Waals surface area (Å²) >= 11 is 0. The van der Waals surface area contributed by atoms with Crippen molar-refractivity contribution in [3.63, 3.8) is 0 Å². The maximum absolute atomic E-state index is 8.90. The molecule has 1 aliphatic heterocycles. The quantitative estimate of drug-likeness (QED) is 0.711. The summed E-state index contributed by atoms with van der Waals surface area (Å²) in [4.78, 5) is 14.9. The fourth-order valence-electron chi connectivity index (χ4n) is 2.28. The van der Waals surface area contributed by atoms with Gasteiger partial charge in [0.15, 0.2) is 0 Å². The Labute approximate surface area is 119 Å². The molecule has 0 radical (unpaired) electrons. The Kier molecular flexibility index (Phi) is 5.34. The Morgan fingerprint density at radius 3 is 2.70 bits per heavy atom. The van der Waals surface area contributed by atoms with Crippen LogP contribution in [0, 0.1) is 5.92 Å². The van der Waals surface area contributed by atoms with Gasteiger partial charge in [0, 0.05) is 26.2 Å². The van der Waals surface area contributed by atoms with Gasteiger partial charge in [0.25, 0.3) is 0 Å². The van der Waals surface area contributed by atoms with E-state index in [0.29, 0.717) is 24.4 Å². The highest BCUT2D eigenvalue weighted by Gasteiger charge is 2.15. The van der Waals surface area contributed by atoms with Crippen LogP contribution in [0.25, 0.3) is 0 Å². The lowest BCUT2D eigenvalue weighted by Crippen LogP contribution is -2.31. The number of hydrogen-bond donors (Lipinski definition) is 3. The molecule has 4 N–H and O–H groups in total. The van der Waals surface area contributed by atoms with E-state index >= 15 is 0 Å². The fraction of sp³-hybridized carbons (Fsp3) is 0.769. The minimum absolute atomic E-state index is 0.196. The summed E-state index contributed by atoms with van der Waals surface area (Å²) < 4.78 is 0. The molecule has 7 nitrogen and oxygen atoms in total. The van der Waals surface area contributed by atoms with Crippen LogP contribution in [0.3, 0.4) is 0 Å². The van der Waals surface area contributed by atoms with Crippen molar-refractivity contribution in [1.82, 2.24) is 15.0 Å². The number of aliphatic hydroxyl groups excluding tert-OH is 1. The molecule has 112 valence electrons. The van der Waals surface area contributed by atoms with E-state index in [1.165, 1.54) is 19.3 Å². The average Bonchev–Trinajstić information content (AvgIpc) is 2.46. The first-order chi connectivity index (χ1) is 9.69. The van der Waals surface area contributed by atoms with Crippen molar-refractivity contribution < 1.29 is 5.11 Å². The molecular formula is C13H24N6O. The van der Waals surface area contributed by atoms with Gasteiger partial charge in [0.05, 0.1) is 0 Å². The molecule has 1 saturated heterocycles. The number of aliphatic hydroxyl groups is 1. The molecule has 0 spiro atoms. The Bertz CT molecular complexity index is 421. The zero-order chi connectivity index (χ0) is 14.4. The summed E-state index contributed by atoms with van der Waals surface area (Å²) in [6.45, 7) is 4.93. The Morgan fingerprint density at radius 2 is 2.00 bits per heavy atom. The molecule has 0 bridgehead atoms. The standard InChI is InChI=1S/C13H24N6O/c1-10(5-8-20)9-15-12-16-11(14)17-13(18-12)19-6-3-2-4-7-19/h10,20H,2-9H2,1H3,(H3,14,15,16,17,18). The van der Waals surface area contributed by atoms with Crippen LogP contribution in [-0.2, 0) is 0 Å². The number of nitrogens with one attached hydrogen (secondary N) is 1. The highest BCUT2D eigenvalue weighted by molar-refractivity contribution is 5.42. The van der Waals surface area contributed by atoms with E-state index in [2.05, 4.69) is 32.1 Å². The summed E-state index contributed by atoms with van der Waals surface area (Å²) in [5, 5.41) is 12.1. The first-order valence-corrected chi connectivity index (χ1v) is 7.30. The normalized spacial score (nSPS) is 17.0. The molecule has 20 heavy (non-hydrogen) atoms. The van der Waals surface area contributed by atoms with E-state index in [1.807, 2.05) is 0 Å². The molecule has 1 atom stereocenters. The van der Waals surface area contributed by atoms with Gasteiger partial charge in [0.1, 0.15) is 0 Å². The maximum atomic E-state index is 8.90. The third kappa shape index (κ3) is 4.19. The number of nitrogens with two attached hydrogens (primary N) is 1. The van der Waals surface area contributed by atoms with Gasteiger partial charge in [-0.25, -0.2) is 0 Å². The lowest BCUT2D eigenvalue weighted by Gasteiger charge is -2.26. The second-order valence-corrected chi connectivity index (χ2v) is 5.36. The van der Waals surface area contributed by atoms with Gasteiger partial charge in [-0.15, -0.1) is 0 Å². The predicted molar refractivity (Wildman–Crippen MR) is 79.7 cm³/mol. The van der Waals surface area contributed by atoms with E-state index in [4.69, 9.17) is 10.8 Å². The van der Waals surface area contributed by atoms with Gasteiger partial charge in [-0.1, -0.05) is 6.92 Å². The molecule has 2 heterocycles. The van der Waals surface area contributed by atoms with Gasteiger partial charge in [-0.3, -0.25) is 0 Å². The minimum Gasteiger partial charge on any atom is -0.396 e. The SMILES string of the molecule is CC(CCO)CNc1nc(N)nc(N2CCCCC2)n1. The summed E-state index contributed by atoms with van der Waals surface area (Å²) in [6.07, 6.45) is 4.36. The molecule has 1 aromatic rings. The monoisotopic (exact) mass is 280 g/mol. The molecule has 1 aromatic heterocycles. The van der Waals surface area contributed by atoms with Crippen molar-refractivity contribution in [2.75, 3.05) is 42.2 Å². The zero-order valence-corrected chi connectivity index (χ0v) is 12.0. The van der Waals surface area contributed by atoms with E-state index in [1.54, 1.807) is 0 Å². The van der Waals surface area contributed by atoms with Crippen LogP contribution >= 0.6 is 0 Å². The molecule has 2 rings (SSSR count). The smallest absolute Gasteiger partial charge is 0.231 e. The van der Waals surface area contributed by atoms with Gasteiger partial charge in [0.2, 0.25) is 17.8 Å². The molecule has 0 aliphatic carbocycles. The number of nitrogen functional groups attached to an aromatic ring is 1. The van der Waals surface area contributed by atoms with E-state index < -0.39 is 0 Å². The first-order valence-electron chi connectivity index (χ1n) is 7.30. The largest absolute Gasteiger partial charge is 0.396 e. The third-order valence-electron chi connectivity index (χ3n) is 3.51. The summed E-state index contributed by atoms with van der Waals surface area (Å²) in [5.74, 6) is 1.78. The summed E-state index contributed by atoms with van der Waals surface area (Å²) in [5.41, 5.74) is 5.76. The van der Waals surface area contributed by atoms with Crippen molar-refractivity contribution in [3.05, 3.63) is 0 Å². The predicted octanol–water partition coefficient (Wildman–Crippen LogP) is 0.874. The fourth-order valence-corrected chi connectivity index (χ4v) is 2.28. The minimum atomic E-state index is 0.196. The Hall–Kier alpha value is -1.63. The van der Waals surface area contributed by atoms with E-state index in [9.17, 15) is 0 Å². The highest BCUT2D eigenvalue weighted by Crippen LogP contribution is 2.17. The zero-order valence-electron chi connectivity index (χ0n) is 12.0. The molecule has 0 saturated carbocycles. The number of piperidine rings is 1. The van der Waals surface area contributed by atoms with Crippen LogP contribution in [0.4, 0.5) is 17.8 Å². The first kappa shape index (κ1) is 14.8. The average molecular weight is 280 g/mol. The van der Waals surface area contributed by atoms with Crippen molar-refractivity contribution in [2.24, 2.45) is 5.92 Å². The highest BCUT2D eigenvalue weighted by atomic mass is 16.3. The number of rotatable bonds is 6. The Morgan fingerprint density at radius 1 is 1.25 bits per heavy atom. The van der Waals surface area contributed by atoms with Crippen LogP contribution in [-0.4, -0.2) is 46.3 Å². The van der Waals surface area contributed by atoms with Gasteiger partial charge in [-0.05, 0) is 31.6 Å². The molecule has 0 aromatic carbocycles. The van der Waals surface area contributed by atoms with Crippen LogP contribution in [0.5, 0.6) is 0 Å². The number of nitrogens with zero attached hydrogens (tertiary/aromatic N) is 4. The van der Waals surface area contributed by atoms with Crippen molar-refractivity contribution in [1.29, 1.82) is 0 Å². The van der Waals surface area contributed by atoms with Crippen LogP contribution in [0.2, 0.25) is 0 Å². The van der Waals surface area contributed by atoms with E-state index in [-0.39, 0.29) is 12.6 Å².